The first-order valence-electron chi connectivity index (χ1n) is 48.2. The SMILES string of the molecule is CN[C@@H]1C(=O)N[C@@H]2Cc3ccc(cc3)Oc3cc4cc(c3O[C@@H]3O[C@H](C(=O)O)[C@@H](O)[C@H](O)[C@H]3NC(=O)CCCCCCCC(C)C)Oc3ccc(cc3Cl)[C@@H](O)[C@@H]3NC(=O)[C@H](NC(=O)[C@@H]4NC(=O)[C@@H](NC2=O)c2cc(cc(O[P+](N4CCCC4)(N4CCCC4)N4CCCC4)c2Cl)Oc2cc1ccc2O)c1ccc(O)c(c1)-c1c(O[C@H]2O[C@H](CO)[C@@H](O)[C@H](O)[C@@H]2O)cc(O)cc1[C@H](C(=O)NCCCN(C)C)NC3=O. The number of ether oxygens (including phenoxy) is 7. The number of carboxylic acid groups (broad SMARTS) is 1. The van der Waals surface area contributed by atoms with Crippen LogP contribution in [0.5, 0.6) is 69.0 Å². The number of aliphatic hydroxyl groups is 7. The van der Waals surface area contributed by atoms with Gasteiger partial charge in [0.15, 0.2) is 29.1 Å². The summed E-state index contributed by atoms with van der Waals surface area (Å²) in [6.45, 7) is 7.27. The Bertz CT molecular complexity index is 5840. The number of rotatable bonds is 26. The summed E-state index contributed by atoms with van der Waals surface area (Å²) in [5.41, 5.74) is -2.25. The van der Waals surface area contributed by atoms with Crippen LogP contribution in [0.15, 0.2) is 115 Å². The Hall–Kier alpha value is -11.6. The van der Waals surface area contributed by atoms with Gasteiger partial charge in [0.05, 0.1) is 16.7 Å². The number of aliphatic carboxylic acids is 1. The van der Waals surface area contributed by atoms with Gasteiger partial charge in [-0.1, -0.05) is 99.5 Å². The zero-order valence-corrected chi connectivity index (χ0v) is 81.7. The van der Waals surface area contributed by atoms with Crippen molar-refractivity contribution in [2.75, 3.05) is 80.1 Å². The highest BCUT2D eigenvalue weighted by molar-refractivity contribution is 7.64. The number of unbranched alkanes of at least 4 members (excludes halogenated alkanes) is 4. The number of nitrogens with zero attached hydrogens (tertiary/aromatic N) is 4. The lowest BCUT2D eigenvalue weighted by Gasteiger charge is -2.41. The lowest BCUT2D eigenvalue weighted by molar-refractivity contribution is -0.277. The number of nitrogens with one attached hydrogen (secondary N) is 9. The molecule has 44 heteroatoms. The molecule has 11 aliphatic rings. The van der Waals surface area contributed by atoms with Gasteiger partial charge in [0.25, 0.3) is 0 Å². The van der Waals surface area contributed by atoms with Gasteiger partial charge in [0.2, 0.25) is 71.3 Å². The summed E-state index contributed by atoms with van der Waals surface area (Å²) in [6.07, 6.45) is -12.0. The Morgan fingerprint density at radius 1 is 0.552 bits per heavy atom. The van der Waals surface area contributed by atoms with Crippen LogP contribution in [0.4, 0.5) is 0 Å². The van der Waals surface area contributed by atoms with Crippen molar-refractivity contribution in [2.45, 2.75) is 220 Å². The number of halogens is 2. The number of aliphatic hydroxyl groups excluding tert-OH is 7. The van der Waals surface area contributed by atoms with Crippen molar-refractivity contribution in [1.29, 1.82) is 0 Å². The molecule has 0 radical (unpaired) electrons. The Kier molecular flexibility index (Phi) is 33.1. The third-order valence-corrected chi connectivity index (χ3v) is 31.6. The third kappa shape index (κ3) is 22.9. The maximum atomic E-state index is 17.4. The van der Waals surface area contributed by atoms with Gasteiger partial charge in [0, 0.05) is 87.5 Å². The Morgan fingerprint density at radius 3 is 1.83 bits per heavy atom. The van der Waals surface area contributed by atoms with Gasteiger partial charge in [-0.3, -0.25) is 42.9 Å². The number of likely N-dealkylation sites (N-methyl/N-ethyl adjacent to an activating group) is 1. The van der Waals surface area contributed by atoms with Crippen LogP contribution in [-0.2, 0) is 59.0 Å². The van der Waals surface area contributed by atoms with Gasteiger partial charge in [0.1, 0.15) is 126 Å². The molecule has 0 unspecified atom stereocenters. The molecule has 143 heavy (non-hydrogen) atoms. The molecule has 0 aromatic heterocycles. The molecule has 18 rings (SSSR count). The van der Waals surface area contributed by atoms with Gasteiger partial charge in [-0.2, -0.15) is 0 Å². The summed E-state index contributed by atoms with van der Waals surface area (Å²) < 4.78 is 60.6. The van der Waals surface area contributed by atoms with Gasteiger partial charge in [-0.05, 0) is 191 Å². The van der Waals surface area contributed by atoms with E-state index < -0.39 is 251 Å². The molecule has 5 saturated heterocycles. The lowest BCUT2D eigenvalue weighted by Crippen LogP contribution is -2.66. The van der Waals surface area contributed by atoms with E-state index in [-0.39, 0.29) is 69.7 Å². The second-order valence-corrected chi connectivity index (χ2v) is 41.6. The smallest absolute Gasteiger partial charge is 0.417 e. The first-order chi connectivity index (χ1) is 68.6. The number of fused-ring (bicyclic) bond motifs is 14. The van der Waals surface area contributed by atoms with E-state index in [4.69, 9.17) is 60.9 Å². The third-order valence-electron chi connectivity index (χ3n) is 27.0. The summed E-state index contributed by atoms with van der Waals surface area (Å²) in [4.78, 5) is 144. The minimum Gasteiger partial charge on any atom is -0.508 e. The highest BCUT2D eigenvalue weighted by atomic mass is 35.5. The van der Waals surface area contributed by atoms with E-state index in [1.807, 2.05) is 4.90 Å². The van der Waals surface area contributed by atoms with Crippen LogP contribution in [0.2, 0.25) is 10.0 Å². The number of benzene rings is 7. The zero-order valence-electron chi connectivity index (χ0n) is 79.3. The molecule has 11 aliphatic heterocycles. The number of carbonyl (C=O) groups is 9. The summed E-state index contributed by atoms with van der Waals surface area (Å²) in [6, 6.07) is 7.39. The average molecular weight is 2040 g/mol. The van der Waals surface area contributed by atoms with E-state index in [1.165, 1.54) is 73.8 Å². The molecular formula is C99H121Cl2N13O28P+. The summed E-state index contributed by atoms with van der Waals surface area (Å²) in [5.74, 6) is -15.9. The Labute approximate surface area is 834 Å². The van der Waals surface area contributed by atoms with Crippen LogP contribution in [0.3, 0.4) is 0 Å². The first-order valence-corrected chi connectivity index (χ1v) is 50.5. The normalized spacial score (nSPS) is 26.6. The molecule has 11 heterocycles. The largest absolute Gasteiger partial charge is 0.508 e. The molecule has 0 spiro atoms. The number of amides is 8. The molecule has 0 saturated carbocycles. The fraction of sp³-hybridized carbons (Fsp3) is 0.485. The molecular weight excluding hydrogens is 1920 g/mol. The highest BCUT2D eigenvalue weighted by Crippen LogP contribution is 2.71. The topological polar surface area (TPSA) is 571 Å². The van der Waals surface area contributed by atoms with Crippen LogP contribution in [-0.4, -0.2) is 282 Å². The molecule has 5 fully saturated rings. The van der Waals surface area contributed by atoms with Crippen molar-refractivity contribution in [1.82, 2.24) is 66.8 Å². The Balaban J connectivity index is 0.935. The van der Waals surface area contributed by atoms with Gasteiger partial charge < -0.3 is 142 Å². The van der Waals surface area contributed by atoms with Crippen molar-refractivity contribution in [3.8, 4) is 80.1 Å². The number of carbonyl (C=O) groups excluding carboxylic acids is 8. The van der Waals surface area contributed by atoms with Crippen molar-refractivity contribution >= 4 is 84.4 Å². The van der Waals surface area contributed by atoms with Crippen LogP contribution in [0.25, 0.3) is 11.1 Å². The maximum Gasteiger partial charge on any atom is 0.417 e. The number of hydrogen-bond acceptors (Lipinski definition) is 32. The minimum absolute atomic E-state index is 0.0786. The van der Waals surface area contributed by atoms with E-state index in [9.17, 15) is 65.8 Å². The molecule has 7 aromatic carbocycles. The number of carboxylic acids is 1. The van der Waals surface area contributed by atoms with Crippen molar-refractivity contribution in [3.05, 3.63) is 164 Å². The quantitative estimate of drug-likeness (QED) is 0.0205. The van der Waals surface area contributed by atoms with E-state index >= 15 is 33.6 Å². The molecule has 8 amide bonds. The summed E-state index contributed by atoms with van der Waals surface area (Å²) in [7, 11) is 1.82. The fourth-order valence-corrected chi connectivity index (χ4v) is 24.3. The first kappa shape index (κ1) is 104. The van der Waals surface area contributed by atoms with Crippen molar-refractivity contribution in [2.24, 2.45) is 5.92 Å². The molecule has 41 nitrogen and oxygen atoms in total. The standard InChI is InChI=1S/C99H120Cl2N13O28P/c1-49(2)18-9-7-6-8-10-19-72(119)105-81-84(122)86(124)89(97(133)134)141-98(81)140-88-69-42-54-43-70(88)137-65-29-24-53(40-61(65)100)82(120)80-96(132)109-78(91(127)103-30-17-31-111(4)5)59-44-55(116)45-67(138-99-87(125)85(123)83(121)71(48-115)139-99)73(59)58-39-51(22-27-63(58)117)76(93(129)110-80)106-94(130)77(54)107-95(131)79-60-46-57(47-68(74(60)101)142-143(112-32-11-12-33-112,113-34-13-14-35-113)114-36-15-16-37-114)136-66-41-52(23-28-64(66)118)75(102-3)92(128)104-62(90(126)108-79)38-50-20-25-56(135-69)26-21-50/h20-29,39-47,49,62,71,75-87,89,98-99,102,115,120-125H,6-19,30-38,48H2,1-5H3,(H11-,103,104,105,106,107,108,109,110,116,117,118,119,126,127,128,129,130,131,132,133,134)/p+1/t62-,71-,75+,76-,77-,78-,79+,80+,81-,82-,83-,84-,85+,86+,87+,89+,98-,99+/m1/s1. The van der Waals surface area contributed by atoms with E-state index in [2.05, 4.69) is 75.7 Å². The number of phenols is 3. The monoisotopic (exact) mass is 2040 g/mol. The highest BCUT2D eigenvalue weighted by Gasteiger charge is 2.63. The maximum absolute atomic E-state index is 17.4. The summed E-state index contributed by atoms with van der Waals surface area (Å²) >= 11 is 15.5. The fourth-order valence-electron chi connectivity index (χ4n) is 19.5. The van der Waals surface area contributed by atoms with Crippen LogP contribution < -0.4 is 76.1 Å². The van der Waals surface area contributed by atoms with Crippen LogP contribution in [0, 0.1) is 5.92 Å². The van der Waals surface area contributed by atoms with E-state index in [1.54, 1.807) is 14.1 Å². The van der Waals surface area contributed by atoms with Gasteiger partial charge in [-0.25, -0.2) is 4.79 Å². The molecule has 18 atom stereocenters. The van der Waals surface area contributed by atoms with E-state index in [0.717, 1.165) is 113 Å². The number of aromatic hydroxyl groups is 3. The number of hydrogen-bond donors (Lipinski definition) is 20. The number of phenolic OH excluding ortho intramolecular Hbond substituents is 3. The molecule has 7 aromatic rings. The molecule has 768 valence electrons. The van der Waals surface area contributed by atoms with Crippen LogP contribution in [0.1, 0.15) is 179 Å². The predicted octanol–water partition coefficient (Wildman–Crippen LogP) is 6.42. The Morgan fingerprint density at radius 2 is 1.17 bits per heavy atom. The van der Waals surface area contributed by atoms with Crippen LogP contribution >= 0.6 is 31.1 Å². The minimum atomic E-state index is -3.22. The average Bonchev–Trinajstić information content (AvgIpc) is 1.67. The predicted molar refractivity (Wildman–Crippen MR) is 516 cm³/mol. The van der Waals surface area contributed by atoms with Gasteiger partial charge >= 0.3 is 13.9 Å². The molecule has 17 bridgehead atoms. The molecule has 0 aliphatic carbocycles. The summed E-state index contributed by atoms with van der Waals surface area (Å²) in [5, 5.41) is 153. The van der Waals surface area contributed by atoms with Gasteiger partial charge in [-0.15, -0.1) is 14.0 Å². The second kappa shape index (κ2) is 45.4. The van der Waals surface area contributed by atoms with Crippen molar-refractivity contribution < 1.29 is 137 Å². The van der Waals surface area contributed by atoms with E-state index in [0.29, 0.717) is 76.6 Å². The zero-order chi connectivity index (χ0) is 102. The lowest BCUT2D eigenvalue weighted by atomic mass is 9.89. The van der Waals surface area contributed by atoms with Crippen molar-refractivity contribution in [3.63, 3.8) is 0 Å². The second-order valence-electron chi connectivity index (χ2n) is 37.9. The molecule has 20 N–H and O–H groups in total.